The number of fused-ring (bicyclic) bond motifs is 1. The molecule has 1 N–H and O–H groups in total. The van der Waals surface area contributed by atoms with Crippen LogP contribution in [0.3, 0.4) is 0 Å². The average molecular weight is 338 g/mol. The van der Waals surface area contributed by atoms with Crippen molar-refractivity contribution in [3.8, 4) is 0 Å². The molecular formula is C18H30N2O4. The zero-order chi connectivity index (χ0) is 17.1. The Kier molecular flexibility index (Phi) is 5.76. The lowest BCUT2D eigenvalue weighted by atomic mass is 9.74. The van der Waals surface area contributed by atoms with E-state index in [0.717, 1.165) is 32.2 Å². The number of carbonyl (C=O) groups excluding carboxylic acids is 2. The van der Waals surface area contributed by atoms with E-state index >= 15 is 0 Å². The summed E-state index contributed by atoms with van der Waals surface area (Å²) >= 11 is 0. The topological polar surface area (TPSA) is 67.9 Å². The van der Waals surface area contributed by atoms with Gasteiger partial charge in [0, 0.05) is 51.1 Å². The second-order valence-corrected chi connectivity index (χ2v) is 7.60. The predicted molar refractivity (Wildman–Crippen MR) is 89.3 cm³/mol. The summed E-state index contributed by atoms with van der Waals surface area (Å²) in [4.78, 5) is 27.2. The monoisotopic (exact) mass is 338 g/mol. The van der Waals surface area contributed by atoms with Gasteiger partial charge in [-0.3, -0.25) is 9.59 Å². The Morgan fingerprint density at radius 1 is 1.29 bits per heavy atom. The van der Waals surface area contributed by atoms with Gasteiger partial charge in [0.1, 0.15) is 0 Å². The van der Waals surface area contributed by atoms with Crippen LogP contribution in [0.5, 0.6) is 0 Å². The van der Waals surface area contributed by atoms with E-state index in [1.165, 1.54) is 0 Å². The summed E-state index contributed by atoms with van der Waals surface area (Å²) < 4.78 is 10.9. The molecule has 0 unspecified atom stereocenters. The van der Waals surface area contributed by atoms with Crippen LogP contribution in [0.1, 0.15) is 32.6 Å². The fourth-order valence-corrected chi connectivity index (χ4v) is 4.41. The lowest BCUT2D eigenvalue weighted by molar-refractivity contribution is -0.155. The van der Waals surface area contributed by atoms with Crippen molar-refractivity contribution in [2.24, 2.45) is 23.7 Å². The maximum Gasteiger partial charge on any atom is 0.225 e. The van der Waals surface area contributed by atoms with Gasteiger partial charge in [-0.25, -0.2) is 0 Å². The van der Waals surface area contributed by atoms with Crippen molar-refractivity contribution in [3.05, 3.63) is 0 Å². The first-order valence-electron chi connectivity index (χ1n) is 9.27. The highest BCUT2D eigenvalue weighted by Gasteiger charge is 2.44. The Bertz CT molecular complexity index is 464. The van der Waals surface area contributed by atoms with Crippen molar-refractivity contribution < 1.29 is 19.1 Å². The molecule has 6 nitrogen and oxygen atoms in total. The van der Waals surface area contributed by atoms with Crippen LogP contribution >= 0.6 is 0 Å². The number of nitrogens with zero attached hydrogens (tertiary/aromatic N) is 1. The summed E-state index contributed by atoms with van der Waals surface area (Å²) in [5.41, 5.74) is 0. The summed E-state index contributed by atoms with van der Waals surface area (Å²) in [5.74, 6) is 1.31. The van der Waals surface area contributed by atoms with Gasteiger partial charge in [-0.1, -0.05) is 6.92 Å². The van der Waals surface area contributed by atoms with Crippen LogP contribution in [-0.2, 0) is 19.1 Å². The Hall–Kier alpha value is -1.14. The first kappa shape index (κ1) is 17.7. The number of carbonyl (C=O) groups is 2. The second kappa shape index (κ2) is 7.83. The number of ether oxygens (including phenoxy) is 2. The van der Waals surface area contributed by atoms with E-state index < -0.39 is 0 Å². The quantitative estimate of drug-likeness (QED) is 0.761. The van der Waals surface area contributed by atoms with Gasteiger partial charge in [0.2, 0.25) is 11.8 Å². The minimum Gasteiger partial charge on any atom is -0.383 e. The molecule has 3 aliphatic rings. The first-order valence-corrected chi connectivity index (χ1v) is 9.27. The van der Waals surface area contributed by atoms with E-state index in [0.29, 0.717) is 32.2 Å². The minimum atomic E-state index is -0.0588. The van der Waals surface area contributed by atoms with Crippen LogP contribution in [-0.4, -0.2) is 62.8 Å². The van der Waals surface area contributed by atoms with Crippen LogP contribution in [0, 0.1) is 23.7 Å². The average Bonchev–Trinajstić information content (AvgIpc) is 2.57. The molecule has 0 aromatic heterocycles. The second-order valence-electron chi connectivity index (χ2n) is 7.60. The van der Waals surface area contributed by atoms with Crippen LogP contribution in [0.2, 0.25) is 0 Å². The fraction of sp³-hybridized carbons (Fsp3) is 0.889. The van der Waals surface area contributed by atoms with E-state index in [1.54, 1.807) is 7.11 Å². The van der Waals surface area contributed by atoms with Crippen molar-refractivity contribution in [2.45, 2.75) is 38.7 Å². The molecule has 3 fully saturated rings. The van der Waals surface area contributed by atoms with Crippen LogP contribution in [0.15, 0.2) is 0 Å². The summed E-state index contributed by atoms with van der Waals surface area (Å²) in [6, 6.07) is 0. The van der Waals surface area contributed by atoms with Gasteiger partial charge in [-0.2, -0.15) is 0 Å². The molecule has 2 amide bonds. The Balaban J connectivity index is 1.59. The molecule has 136 valence electrons. The van der Waals surface area contributed by atoms with Crippen LogP contribution in [0.4, 0.5) is 0 Å². The van der Waals surface area contributed by atoms with E-state index in [4.69, 9.17) is 9.47 Å². The van der Waals surface area contributed by atoms with E-state index in [1.807, 2.05) is 4.90 Å². The van der Waals surface area contributed by atoms with Gasteiger partial charge >= 0.3 is 0 Å². The molecule has 6 heteroatoms. The molecule has 0 aromatic rings. The molecule has 1 aliphatic carbocycles. The summed E-state index contributed by atoms with van der Waals surface area (Å²) in [7, 11) is 1.63. The maximum absolute atomic E-state index is 12.7. The third-order valence-corrected chi connectivity index (χ3v) is 5.85. The van der Waals surface area contributed by atoms with Gasteiger partial charge in [0.15, 0.2) is 0 Å². The standard InChI is InChI=1S/C18H30N2O4/c1-12-9-13(10-12)18(22)20-6-3-16-15(11-20)14(4-7-24-16)17(21)19-5-8-23-2/h12-16H,3-11H2,1-2H3,(H,19,21)/t12?,13?,14-,15+,16-/m1/s1. The molecule has 3 rings (SSSR count). The van der Waals surface area contributed by atoms with Gasteiger partial charge in [-0.05, 0) is 31.6 Å². The van der Waals surface area contributed by atoms with Crippen molar-refractivity contribution in [3.63, 3.8) is 0 Å². The SMILES string of the molecule is COCCNC(=O)[C@@H]1CCO[C@@H]2CCN(C(=O)C3CC(C)C3)C[C@H]21. The molecule has 0 aromatic carbocycles. The van der Waals surface area contributed by atoms with Crippen molar-refractivity contribution >= 4 is 11.8 Å². The summed E-state index contributed by atoms with van der Waals surface area (Å²) in [6.45, 7) is 5.32. The van der Waals surface area contributed by atoms with E-state index in [9.17, 15) is 9.59 Å². The Labute approximate surface area is 144 Å². The lowest BCUT2D eigenvalue weighted by Gasteiger charge is -2.46. The third-order valence-electron chi connectivity index (χ3n) is 5.85. The van der Waals surface area contributed by atoms with Gasteiger partial charge in [-0.15, -0.1) is 0 Å². The summed E-state index contributed by atoms with van der Waals surface area (Å²) in [6.07, 6.45) is 3.73. The summed E-state index contributed by atoms with van der Waals surface area (Å²) in [5, 5.41) is 2.96. The number of hydrogen-bond donors (Lipinski definition) is 1. The number of hydrogen-bond acceptors (Lipinski definition) is 4. The molecule has 3 atom stereocenters. The van der Waals surface area contributed by atoms with Gasteiger partial charge < -0.3 is 19.7 Å². The highest BCUT2D eigenvalue weighted by atomic mass is 16.5. The zero-order valence-corrected chi connectivity index (χ0v) is 14.8. The van der Waals surface area contributed by atoms with E-state index in [2.05, 4.69) is 12.2 Å². The number of amides is 2. The number of rotatable bonds is 5. The van der Waals surface area contributed by atoms with Gasteiger partial charge in [0.25, 0.3) is 0 Å². The van der Waals surface area contributed by atoms with Gasteiger partial charge in [0.05, 0.1) is 12.7 Å². The molecule has 0 radical (unpaired) electrons. The molecule has 0 spiro atoms. The smallest absolute Gasteiger partial charge is 0.225 e. The third kappa shape index (κ3) is 3.75. The normalized spacial score (nSPS) is 35.8. The Morgan fingerprint density at radius 2 is 2.08 bits per heavy atom. The molecule has 1 saturated carbocycles. The number of methoxy groups -OCH3 is 1. The van der Waals surface area contributed by atoms with Crippen molar-refractivity contribution in [2.75, 3.05) is 40.0 Å². The molecule has 2 heterocycles. The largest absolute Gasteiger partial charge is 0.383 e. The van der Waals surface area contributed by atoms with E-state index in [-0.39, 0.29) is 35.7 Å². The number of nitrogens with one attached hydrogen (secondary N) is 1. The highest BCUT2D eigenvalue weighted by Crippen LogP contribution is 2.38. The van der Waals surface area contributed by atoms with Crippen LogP contribution in [0.25, 0.3) is 0 Å². The number of likely N-dealkylation sites (tertiary alicyclic amines) is 1. The van der Waals surface area contributed by atoms with Crippen molar-refractivity contribution in [1.82, 2.24) is 10.2 Å². The Morgan fingerprint density at radius 3 is 2.79 bits per heavy atom. The first-order chi connectivity index (χ1) is 11.6. The zero-order valence-electron chi connectivity index (χ0n) is 14.8. The number of piperidine rings is 1. The van der Waals surface area contributed by atoms with Crippen molar-refractivity contribution in [1.29, 1.82) is 0 Å². The predicted octanol–water partition coefficient (Wildman–Crippen LogP) is 1.05. The lowest BCUT2D eigenvalue weighted by Crippen LogP contribution is -2.56. The fourth-order valence-electron chi connectivity index (χ4n) is 4.41. The minimum absolute atomic E-state index is 0.0588. The molecule has 2 aliphatic heterocycles. The molecule has 24 heavy (non-hydrogen) atoms. The highest BCUT2D eigenvalue weighted by molar-refractivity contribution is 5.81. The molecule has 0 bridgehead atoms. The maximum atomic E-state index is 12.7. The molecule has 2 saturated heterocycles. The van der Waals surface area contributed by atoms with Crippen LogP contribution < -0.4 is 5.32 Å². The molecular weight excluding hydrogens is 308 g/mol.